The molecule has 9 heavy (non-hydrogen) atoms. The van der Waals surface area contributed by atoms with Gasteiger partial charge < -0.3 is 9.57 Å². The van der Waals surface area contributed by atoms with Crippen LogP contribution in [0.5, 0.6) is 0 Å². The van der Waals surface area contributed by atoms with Gasteiger partial charge in [0.25, 0.3) is 0 Å². The summed E-state index contributed by atoms with van der Waals surface area (Å²) < 4.78 is 4.47. The Labute approximate surface area is 53.2 Å². The van der Waals surface area contributed by atoms with Gasteiger partial charge in [-0.25, -0.2) is 10.7 Å². The fraction of sp³-hybridized carbons (Fsp3) is 0.400. The molecule has 0 aromatic carbocycles. The van der Waals surface area contributed by atoms with E-state index in [9.17, 15) is 4.79 Å². The number of hydrogen-bond donors (Lipinski definition) is 1. The molecule has 4 nitrogen and oxygen atoms in total. The Hall–Kier alpha value is -0.870. The minimum Gasteiger partial charge on any atom is -0.460 e. The van der Waals surface area contributed by atoms with E-state index in [0.29, 0.717) is 0 Å². The minimum atomic E-state index is -0.466. The van der Waals surface area contributed by atoms with E-state index in [0.717, 1.165) is 6.08 Å². The first-order chi connectivity index (χ1) is 4.31. The molecule has 0 rings (SSSR count). The second-order valence-electron chi connectivity index (χ2n) is 1.24. The Balaban J connectivity index is 3.07. The number of esters is 1. The van der Waals surface area contributed by atoms with Gasteiger partial charge in [-0.05, 0) is 0 Å². The van der Waals surface area contributed by atoms with Gasteiger partial charge in [0.05, 0.1) is 0 Å². The first-order valence-electron chi connectivity index (χ1n) is 2.42. The largest absolute Gasteiger partial charge is 0.460 e. The molecule has 0 radical (unpaired) electrons. The van der Waals surface area contributed by atoms with Crippen molar-refractivity contribution < 1.29 is 14.4 Å². The van der Waals surface area contributed by atoms with E-state index < -0.39 is 5.97 Å². The lowest BCUT2D eigenvalue weighted by molar-refractivity contribution is -0.139. The zero-order chi connectivity index (χ0) is 7.11. The Morgan fingerprint density at radius 1 is 1.67 bits per heavy atom. The number of ether oxygens (including phenoxy) is 1. The highest BCUT2D eigenvalue weighted by molar-refractivity contribution is 5.81. The van der Waals surface area contributed by atoms with Gasteiger partial charge >= 0.3 is 5.97 Å². The molecule has 0 amide bonds. The number of rotatable bonds is 4. The molecule has 0 heterocycles. The van der Waals surface area contributed by atoms with Crippen LogP contribution < -0.4 is 5.90 Å². The molecular formula is C5H9NO3. The molecule has 4 heteroatoms. The van der Waals surface area contributed by atoms with Crippen LogP contribution in [0.15, 0.2) is 12.7 Å². The molecule has 0 aromatic rings. The quantitative estimate of drug-likeness (QED) is 0.244. The highest BCUT2D eigenvalue weighted by atomic mass is 16.6. The zero-order valence-corrected chi connectivity index (χ0v) is 5.00. The lowest BCUT2D eigenvalue weighted by atomic mass is 10.6. The molecule has 0 fully saturated rings. The van der Waals surface area contributed by atoms with Crippen LogP contribution in [0.1, 0.15) is 0 Å². The van der Waals surface area contributed by atoms with Crippen molar-refractivity contribution in [2.24, 2.45) is 5.90 Å². The fourth-order valence-corrected chi connectivity index (χ4v) is 0.249. The normalized spacial score (nSPS) is 8.56. The van der Waals surface area contributed by atoms with E-state index in [1.165, 1.54) is 0 Å². The summed E-state index contributed by atoms with van der Waals surface area (Å²) in [4.78, 5) is 14.4. The molecule has 0 saturated heterocycles. The van der Waals surface area contributed by atoms with Crippen molar-refractivity contribution in [3.05, 3.63) is 12.7 Å². The Bertz CT molecular complexity index is 102. The lowest BCUT2D eigenvalue weighted by Crippen LogP contribution is -2.10. The molecular weight excluding hydrogens is 122 g/mol. The smallest absolute Gasteiger partial charge is 0.330 e. The van der Waals surface area contributed by atoms with Crippen molar-refractivity contribution in [3.8, 4) is 0 Å². The maximum atomic E-state index is 10.2. The van der Waals surface area contributed by atoms with Gasteiger partial charge in [-0.1, -0.05) is 6.58 Å². The van der Waals surface area contributed by atoms with Crippen LogP contribution in [0.3, 0.4) is 0 Å². The highest BCUT2D eigenvalue weighted by Crippen LogP contribution is 1.77. The van der Waals surface area contributed by atoms with Crippen LogP contribution in [0.4, 0.5) is 0 Å². The first kappa shape index (κ1) is 8.13. The van der Waals surface area contributed by atoms with Gasteiger partial charge in [0.1, 0.15) is 13.2 Å². The van der Waals surface area contributed by atoms with E-state index in [1.54, 1.807) is 0 Å². The second kappa shape index (κ2) is 5.27. The third-order valence-corrected chi connectivity index (χ3v) is 0.612. The standard InChI is InChI=1S/C5H9NO3/c1-2-5(7)8-3-4-9-6/h2H,1,3-4,6H2. The molecule has 0 aliphatic rings. The van der Waals surface area contributed by atoms with Crippen LogP contribution in [-0.4, -0.2) is 19.2 Å². The van der Waals surface area contributed by atoms with Crippen LogP contribution in [-0.2, 0) is 14.4 Å². The number of carbonyl (C=O) groups excluding carboxylic acids is 1. The topological polar surface area (TPSA) is 61.5 Å². The summed E-state index contributed by atoms with van der Waals surface area (Å²) in [6.45, 7) is 3.57. The number of carbonyl (C=O) groups is 1. The molecule has 0 atom stereocenters. The van der Waals surface area contributed by atoms with E-state index in [1.807, 2.05) is 0 Å². The Kier molecular flexibility index (Phi) is 4.76. The number of hydrogen-bond acceptors (Lipinski definition) is 4. The molecule has 52 valence electrons. The summed E-state index contributed by atoms with van der Waals surface area (Å²) in [5.41, 5.74) is 0. The summed E-state index contributed by atoms with van der Waals surface area (Å²) in [7, 11) is 0. The van der Waals surface area contributed by atoms with Crippen molar-refractivity contribution in [2.75, 3.05) is 13.2 Å². The van der Waals surface area contributed by atoms with Gasteiger partial charge in [0.2, 0.25) is 0 Å². The van der Waals surface area contributed by atoms with Crippen molar-refractivity contribution in [3.63, 3.8) is 0 Å². The lowest BCUT2D eigenvalue weighted by Gasteiger charge is -1.97. The molecule has 0 unspecified atom stereocenters. The second-order valence-corrected chi connectivity index (χ2v) is 1.24. The fourth-order valence-electron chi connectivity index (χ4n) is 0.249. The maximum Gasteiger partial charge on any atom is 0.330 e. The Morgan fingerprint density at radius 3 is 2.78 bits per heavy atom. The van der Waals surface area contributed by atoms with Crippen molar-refractivity contribution >= 4 is 5.97 Å². The van der Waals surface area contributed by atoms with Gasteiger partial charge in [-0.15, -0.1) is 0 Å². The monoisotopic (exact) mass is 131 g/mol. The van der Waals surface area contributed by atoms with Crippen LogP contribution >= 0.6 is 0 Å². The maximum absolute atomic E-state index is 10.2. The predicted octanol–water partition coefficient (Wildman–Crippen LogP) is -0.394. The predicted molar refractivity (Wildman–Crippen MR) is 31.3 cm³/mol. The van der Waals surface area contributed by atoms with E-state index in [2.05, 4.69) is 22.1 Å². The molecule has 0 bridgehead atoms. The number of nitrogens with two attached hydrogens (primary N) is 1. The molecule has 0 saturated carbocycles. The molecule has 2 N–H and O–H groups in total. The summed E-state index contributed by atoms with van der Waals surface area (Å²) in [6, 6.07) is 0. The van der Waals surface area contributed by atoms with E-state index >= 15 is 0 Å². The third kappa shape index (κ3) is 4.99. The molecule has 0 aromatic heterocycles. The van der Waals surface area contributed by atoms with Crippen LogP contribution in [0.2, 0.25) is 0 Å². The van der Waals surface area contributed by atoms with Gasteiger partial charge in [0, 0.05) is 6.08 Å². The average Bonchev–Trinajstić information content (AvgIpc) is 1.89. The third-order valence-electron chi connectivity index (χ3n) is 0.612. The van der Waals surface area contributed by atoms with Crippen LogP contribution in [0.25, 0.3) is 0 Å². The molecule has 0 spiro atoms. The zero-order valence-electron chi connectivity index (χ0n) is 5.00. The molecule has 0 aliphatic carbocycles. The summed E-state index contributed by atoms with van der Waals surface area (Å²) >= 11 is 0. The highest BCUT2D eigenvalue weighted by Gasteiger charge is 1.91. The SMILES string of the molecule is C=CC(=O)OCCON. The van der Waals surface area contributed by atoms with Crippen molar-refractivity contribution in [1.29, 1.82) is 0 Å². The van der Waals surface area contributed by atoms with Crippen molar-refractivity contribution in [2.45, 2.75) is 0 Å². The molecule has 0 aliphatic heterocycles. The Morgan fingerprint density at radius 2 is 2.33 bits per heavy atom. The van der Waals surface area contributed by atoms with E-state index in [-0.39, 0.29) is 13.2 Å². The summed E-state index contributed by atoms with van der Waals surface area (Å²) in [5.74, 6) is 4.17. The van der Waals surface area contributed by atoms with Gasteiger partial charge in [-0.3, -0.25) is 0 Å². The van der Waals surface area contributed by atoms with Gasteiger partial charge in [0.15, 0.2) is 0 Å². The average molecular weight is 131 g/mol. The van der Waals surface area contributed by atoms with Crippen molar-refractivity contribution in [1.82, 2.24) is 0 Å². The first-order valence-corrected chi connectivity index (χ1v) is 2.42. The summed E-state index contributed by atoms with van der Waals surface area (Å²) in [6.07, 6.45) is 1.08. The van der Waals surface area contributed by atoms with Crippen LogP contribution in [0, 0.1) is 0 Å². The minimum absolute atomic E-state index is 0.168. The van der Waals surface area contributed by atoms with Gasteiger partial charge in [-0.2, -0.15) is 0 Å². The summed E-state index contributed by atoms with van der Waals surface area (Å²) in [5, 5.41) is 0. The van der Waals surface area contributed by atoms with E-state index in [4.69, 9.17) is 0 Å².